The van der Waals surface area contributed by atoms with Crippen molar-refractivity contribution in [2.75, 3.05) is 13.2 Å². The lowest BCUT2D eigenvalue weighted by Gasteiger charge is -2.19. The normalized spacial score (nSPS) is 20.6. The Kier molecular flexibility index (Phi) is 4.49. The fourth-order valence-corrected chi connectivity index (χ4v) is 2.75. The smallest absolute Gasteiger partial charge is 0.240 e. The van der Waals surface area contributed by atoms with E-state index in [2.05, 4.69) is 25.2 Å². The number of aryl methyl sites for hydroxylation is 1. The first-order chi connectivity index (χ1) is 10.7. The Bertz CT molecular complexity index is 611. The molecule has 22 heavy (non-hydrogen) atoms. The number of hydrogen-bond donors (Lipinski definition) is 0. The predicted molar refractivity (Wildman–Crippen MR) is 75.8 cm³/mol. The van der Waals surface area contributed by atoms with Gasteiger partial charge in [0.25, 0.3) is 0 Å². The second kappa shape index (κ2) is 6.53. The molecule has 0 amide bonds. The molecule has 0 aromatic carbocycles. The van der Waals surface area contributed by atoms with E-state index in [1.807, 2.05) is 13.8 Å². The van der Waals surface area contributed by atoms with E-state index in [4.69, 9.17) is 13.8 Å². The zero-order valence-electron chi connectivity index (χ0n) is 13.2. The van der Waals surface area contributed by atoms with Crippen LogP contribution in [0.2, 0.25) is 0 Å². The third-order valence-corrected chi connectivity index (χ3v) is 3.81. The van der Waals surface area contributed by atoms with Gasteiger partial charge in [0, 0.05) is 13.5 Å². The van der Waals surface area contributed by atoms with Crippen molar-refractivity contribution in [2.45, 2.75) is 52.3 Å². The molecule has 1 aliphatic heterocycles. The predicted octanol–water partition coefficient (Wildman–Crippen LogP) is 2.20. The molecule has 0 radical (unpaired) electrons. The minimum Gasteiger partial charge on any atom is -0.371 e. The lowest BCUT2D eigenvalue weighted by molar-refractivity contribution is 0.0683. The summed E-state index contributed by atoms with van der Waals surface area (Å²) in [5.41, 5.74) is 0. The quantitative estimate of drug-likeness (QED) is 0.802. The summed E-state index contributed by atoms with van der Waals surface area (Å²) in [5.74, 6) is 2.50. The van der Waals surface area contributed by atoms with Crippen molar-refractivity contribution < 1.29 is 13.8 Å². The Morgan fingerprint density at radius 3 is 2.91 bits per heavy atom. The first kappa shape index (κ1) is 15.1. The standard InChI is InChI=1S/C14H21N5O3/c1-4-20-9(2)13-16-12(22-17-13)8-19-7-5-6-11(19)14-15-10(3)21-18-14/h9,11H,4-8H2,1-3H3. The van der Waals surface area contributed by atoms with Crippen molar-refractivity contribution in [2.24, 2.45) is 0 Å². The van der Waals surface area contributed by atoms with Crippen LogP contribution in [0.25, 0.3) is 0 Å². The lowest BCUT2D eigenvalue weighted by atomic mass is 10.2. The van der Waals surface area contributed by atoms with Crippen LogP contribution >= 0.6 is 0 Å². The molecule has 0 spiro atoms. The first-order valence-electron chi connectivity index (χ1n) is 7.65. The second-order valence-electron chi connectivity index (χ2n) is 5.44. The van der Waals surface area contributed by atoms with Crippen LogP contribution < -0.4 is 0 Å². The Morgan fingerprint density at radius 1 is 1.32 bits per heavy atom. The fraction of sp³-hybridized carbons (Fsp3) is 0.714. The molecule has 2 aromatic heterocycles. The number of likely N-dealkylation sites (tertiary alicyclic amines) is 1. The average Bonchev–Trinajstić information content (AvgIpc) is 3.20. The molecule has 8 nitrogen and oxygen atoms in total. The molecule has 2 atom stereocenters. The van der Waals surface area contributed by atoms with Crippen LogP contribution in [0.4, 0.5) is 0 Å². The minimum absolute atomic E-state index is 0.150. The Morgan fingerprint density at radius 2 is 2.18 bits per heavy atom. The van der Waals surface area contributed by atoms with E-state index in [1.165, 1.54) is 0 Å². The monoisotopic (exact) mass is 307 g/mol. The highest BCUT2D eigenvalue weighted by Crippen LogP contribution is 2.31. The lowest BCUT2D eigenvalue weighted by Crippen LogP contribution is -2.23. The molecule has 0 bridgehead atoms. The summed E-state index contributed by atoms with van der Waals surface area (Å²) in [7, 11) is 0. The van der Waals surface area contributed by atoms with E-state index < -0.39 is 0 Å². The van der Waals surface area contributed by atoms with E-state index >= 15 is 0 Å². The molecule has 3 rings (SSSR count). The van der Waals surface area contributed by atoms with E-state index in [9.17, 15) is 0 Å². The summed E-state index contributed by atoms with van der Waals surface area (Å²) in [4.78, 5) is 11.0. The molecule has 120 valence electrons. The van der Waals surface area contributed by atoms with E-state index in [1.54, 1.807) is 6.92 Å². The molecule has 2 aromatic rings. The molecular weight excluding hydrogens is 286 g/mol. The highest BCUT2D eigenvalue weighted by Gasteiger charge is 2.31. The molecule has 1 saturated heterocycles. The van der Waals surface area contributed by atoms with Crippen LogP contribution in [0.15, 0.2) is 9.05 Å². The van der Waals surface area contributed by atoms with Gasteiger partial charge in [0.1, 0.15) is 6.10 Å². The van der Waals surface area contributed by atoms with E-state index in [0.717, 1.165) is 25.2 Å². The molecule has 8 heteroatoms. The van der Waals surface area contributed by atoms with Crippen LogP contribution in [-0.2, 0) is 11.3 Å². The Hall–Kier alpha value is -1.80. The van der Waals surface area contributed by atoms with Crippen molar-refractivity contribution in [3.63, 3.8) is 0 Å². The summed E-state index contributed by atoms with van der Waals surface area (Å²) < 4.78 is 15.9. The van der Waals surface area contributed by atoms with Crippen LogP contribution in [0, 0.1) is 6.92 Å². The van der Waals surface area contributed by atoms with E-state index in [0.29, 0.717) is 30.8 Å². The van der Waals surface area contributed by atoms with Gasteiger partial charge in [-0.1, -0.05) is 10.3 Å². The van der Waals surface area contributed by atoms with Crippen LogP contribution in [0.5, 0.6) is 0 Å². The molecule has 0 aliphatic carbocycles. The highest BCUT2D eigenvalue weighted by atomic mass is 16.5. The van der Waals surface area contributed by atoms with Gasteiger partial charge in [0.05, 0.1) is 12.6 Å². The number of hydrogen-bond acceptors (Lipinski definition) is 8. The summed E-state index contributed by atoms with van der Waals surface area (Å²) >= 11 is 0. The SMILES string of the molecule is CCOC(C)c1noc(CN2CCCC2c2noc(C)n2)n1. The Labute approximate surface area is 128 Å². The molecule has 1 aliphatic rings. The summed E-state index contributed by atoms with van der Waals surface area (Å²) in [6, 6.07) is 0.150. The van der Waals surface area contributed by atoms with Gasteiger partial charge in [-0.15, -0.1) is 0 Å². The zero-order chi connectivity index (χ0) is 15.5. The maximum Gasteiger partial charge on any atom is 0.240 e. The molecule has 0 N–H and O–H groups in total. The van der Waals surface area contributed by atoms with Crippen LogP contribution in [0.1, 0.15) is 62.3 Å². The highest BCUT2D eigenvalue weighted by molar-refractivity contribution is 4.99. The van der Waals surface area contributed by atoms with Gasteiger partial charge in [0.15, 0.2) is 11.6 Å². The largest absolute Gasteiger partial charge is 0.371 e. The molecule has 2 unspecified atom stereocenters. The van der Waals surface area contributed by atoms with Crippen molar-refractivity contribution in [1.82, 2.24) is 25.2 Å². The van der Waals surface area contributed by atoms with Crippen molar-refractivity contribution in [3.8, 4) is 0 Å². The van der Waals surface area contributed by atoms with Gasteiger partial charge < -0.3 is 13.8 Å². The number of nitrogens with zero attached hydrogens (tertiary/aromatic N) is 5. The molecule has 1 fully saturated rings. The van der Waals surface area contributed by atoms with Crippen molar-refractivity contribution in [1.29, 1.82) is 0 Å². The first-order valence-corrected chi connectivity index (χ1v) is 7.65. The molecule has 0 saturated carbocycles. The second-order valence-corrected chi connectivity index (χ2v) is 5.44. The van der Waals surface area contributed by atoms with Crippen molar-refractivity contribution >= 4 is 0 Å². The number of rotatable bonds is 6. The van der Waals surface area contributed by atoms with Crippen LogP contribution in [0.3, 0.4) is 0 Å². The number of aromatic nitrogens is 4. The average molecular weight is 307 g/mol. The third-order valence-electron chi connectivity index (χ3n) is 3.81. The van der Waals surface area contributed by atoms with Gasteiger partial charge in [0.2, 0.25) is 11.8 Å². The topological polar surface area (TPSA) is 90.3 Å². The summed E-state index contributed by atoms with van der Waals surface area (Å²) in [5, 5.41) is 8.02. The Balaban J connectivity index is 1.67. The number of ether oxygens (including phenoxy) is 1. The maximum atomic E-state index is 5.47. The maximum absolute atomic E-state index is 5.47. The molecular formula is C14H21N5O3. The van der Waals surface area contributed by atoms with Gasteiger partial charge >= 0.3 is 0 Å². The third kappa shape index (κ3) is 3.17. The van der Waals surface area contributed by atoms with Gasteiger partial charge in [-0.25, -0.2) is 0 Å². The van der Waals surface area contributed by atoms with E-state index in [-0.39, 0.29) is 12.1 Å². The molecule has 3 heterocycles. The van der Waals surface area contributed by atoms with Gasteiger partial charge in [-0.2, -0.15) is 9.97 Å². The minimum atomic E-state index is -0.156. The van der Waals surface area contributed by atoms with Gasteiger partial charge in [-0.3, -0.25) is 4.90 Å². The van der Waals surface area contributed by atoms with Gasteiger partial charge in [-0.05, 0) is 33.2 Å². The fourth-order valence-electron chi connectivity index (χ4n) is 2.75. The zero-order valence-corrected chi connectivity index (χ0v) is 13.2. The van der Waals surface area contributed by atoms with Crippen LogP contribution in [-0.4, -0.2) is 38.3 Å². The summed E-state index contributed by atoms with van der Waals surface area (Å²) in [6.45, 7) is 7.82. The van der Waals surface area contributed by atoms with Crippen molar-refractivity contribution in [3.05, 3.63) is 23.4 Å². The summed E-state index contributed by atoms with van der Waals surface area (Å²) in [6.07, 6.45) is 1.95.